The topological polar surface area (TPSA) is 41.6 Å². The molecule has 2 heterocycles. The normalized spacial score (nSPS) is 12.9. The Hall–Kier alpha value is -11.0. The zero-order valence-electron chi connectivity index (χ0n) is 53.3. The molecule has 0 atom stereocenters. The van der Waals surface area contributed by atoms with E-state index in [9.17, 15) is 0 Å². The van der Waals surface area contributed by atoms with E-state index >= 15 is 0 Å². The fraction of sp³-hybridized carbons (Fsp3) is 0.0667. The molecule has 0 radical (unpaired) electrons. The van der Waals surface area contributed by atoms with Crippen molar-refractivity contribution >= 4 is 94.9 Å². The predicted octanol–water partition coefficient (Wildman–Crippen LogP) is 26.0. The maximum atomic E-state index is 7.09. The van der Waals surface area contributed by atoms with E-state index in [1.54, 1.807) is 0 Å². The van der Waals surface area contributed by atoms with Crippen LogP contribution in [0.2, 0.25) is 0 Å². The lowest BCUT2D eigenvalue weighted by atomic mass is 9.82. The fourth-order valence-electron chi connectivity index (χ4n) is 14.5. The number of nitrogens with one attached hydrogen (secondary N) is 1. The number of furan rings is 2. The highest BCUT2D eigenvalue weighted by Crippen LogP contribution is 2.55. The first-order chi connectivity index (χ1) is 46.5. The van der Waals surface area contributed by atoms with Gasteiger partial charge in [-0.05, 0) is 161 Å². The molecular formula is C90H67IN2O2. The number of fused-ring (bicyclic) bond motifs is 14. The predicted molar refractivity (Wildman–Crippen MR) is 408 cm³/mol. The van der Waals surface area contributed by atoms with Crippen molar-refractivity contribution in [3.05, 3.63) is 353 Å². The van der Waals surface area contributed by atoms with E-state index in [4.69, 9.17) is 8.83 Å². The molecule has 4 nitrogen and oxygen atoms in total. The number of benzene rings is 14. The van der Waals surface area contributed by atoms with Crippen molar-refractivity contribution in [2.24, 2.45) is 0 Å². The molecule has 18 rings (SSSR count). The standard InChI is InChI=1S/C45H33NO.C24H19N.C21H15IO/c1-45(2)39-24-10-9-22-38(39)42-40(45)27-26-37-36-23-13-25-41(43(36)47-44(37)42)46(34-20-11-18-32(28-34)30-14-5-3-6-15-30)35-21-12-19-33(29-35)31-16-7-4-8-17-31;1-3-9-19(10-4-1)21-13-7-15-23(17-21)25-24-16-8-14-22(18-24)20-11-5-2-6-12-20;1-21(2)15-8-4-3-6-14(15)18-16(21)11-10-13-12-7-5-9-17(22)19(12)23-20(13)18/h3-29H,1-2H3;1-18,25H;3-11H,1-2H3. The molecule has 2 aliphatic rings. The Bertz CT molecular complexity index is 5370. The van der Waals surface area contributed by atoms with Gasteiger partial charge < -0.3 is 19.1 Å². The van der Waals surface area contributed by atoms with Gasteiger partial charge in [0.2, 0.25) is 0 Å². The molecular weight excluding hydrogens is 1270 g/mol. The Balaban J connectivity index is 0.000000124. The summed E-state index contributed by atoms with van der Waals surface area (Å²) in [6.45, 7) is 9.24. The zero-order chi connectivity index (χ0) is 64.2. The van der Waals surface area contributed by atoms with Crippen LogP contribution < -0.4 is 10.2 Å². The van der Waals surface area contributed by atoms with Gasteiger partial charge in [0.15, 0.2) is 5.58 Å². The molecule has 0 unspecified atom stereocenters. The highest BCUT2D eigenvalue weighted by atomic mass is 127. The van der Waals surface area contributed by atoms with Crippen LogP contribution in [0.1, 0.15) is 49.9 Å². The smallest absolute Gasteiger partial charge is 0.159 e. The molecule has 5 heteroatoms. The van der Waals surface area contributed by atoms with Crippen molar-refractivity contribution in [2.75, 3.05) is 10.2 Å². The number of hydrogen-bond donors (Lipinski definition) is 1. The Kier molecular flexibility index (Phi) is 15.2. The number of anilines is 5. The summed E-state index contributed by atoms with van der Waals surface area (Å²) < 4.78 is 14.6. The Morgan fingerprint density at radius 1 is 0.284 bits per heavy atom. The third-order valence-corrected chi connectivity index (χ3v) is 20.1. The molecule has 0 saturated carbocycles. The summed E-state index contributed by atoms with van der Waals surface area (Å²) in [5.41, 5.74) is 29.2. The summed E-state index contributed by atoms with van der Waals surface area (Å²) in [7, 11) is 0. The van der Waals surface area contributed by atoms with Crippen LogP contribution in [0, 0.1) is 3.57 Å². The van der Waals surface area contributed by atoms with Crippen LogP contribution in [-0.2, 0) is 10.8 Å². The molecule has 0 fully saturated rings. The molecule has 2 aliphatic carbocycles. The first-order valence-corrected chi connectivity index (χ1v) is 33.6. The van der Waals surface area contributed by atoms with Gasteiger partial charge in [0.05, 0.1) is 9.26 Å². The quantitative estimate of drug-likeness (QED) is 0.146. The first-order valence-electron chi connectivity index (χ1n) is 32.6. The minimum absolute atomic E-state index is 0.0201. The molecule has 0 bridgehead atoms. The molecule has 0 saturated heterocycles. The number of para-hydroxylation sites is 2. The van der Waals surface area contributed by atoms with Gasteiger partial charge in [-0.2, -0.15) is 0 Å². The maximum absolute atomic E-state index is 7.09. The molecule has 95 heavy (non-hydrogen) atoms. The van der Waals surface area contributed by atoms with Crippen LogP contribution in [-0.4, -0.2) is 0 Å². The minimum Gasteiger partial charge on any atom is -0.454 e. The lowest BCUT2D eigenvalue weighted by Crippen LogP contribution is -2.14. The fourth-order valence-corrected chi connectivity index (χ4v) is 15.1. The lowest BCUT2D eigenvalue weighted by molar-refractivity contribution is 0.652. The lowest BCUT2D eigenvalue weighted by Gasteiger charge is -2.26. The van der Waals surface area contributed by atoms with Crippen molar-refractivity contribution in [1.82, 2.24) is 0 Å². The van der Waals surface area contributed by atoms with E-state index in [0.29, 0.717) is 0 Å². The number of nitrogens with zero attached hydrogens (tertiary/aromatic N) is 1. The molecule has 2 aromatic heterocycles. The molecule has 456 valence electrons. The van der Waals surface area contributed by atoms with Crippen molar-refractivity contribution < 1.29 is 8.83 Å². The largest absolute Gasteiger partial charge is 0.454 e. The number of halogens is 1. The maximum Gasteiger partial charge on any atom is 0.159 e. The molecule has 0 amide bonds. The van der Waals surface area contributed by atoms with Crippen molar-refractivity contribution in [3.63, 3.8) is 0 Å². The van der Waals surface area contributed by atoms with Crippen LogP contribution in [0.4, 0.5) is 28.4 Å². The van der Waals surface area contributed by atoms with E-state index in [1.165, 1.54) is 99.8 Å². The van der Waals surface area contributed by atoms with Crippen molar-refractivity contribution in [2.45, 2.75) is 38.5 Å². The van der Waals surface area contributed by atoms with E-state index in [0.717, 1.165) is 65.1 Å². The van der Waals surface area contributed by atoms with Crippen LogP contribution in [0.25, 0.3) is 111 Å². The second-order valence-electron chi connectivity index (χ2n) is 25.7. The number of rotatable bonds is 9. The average Bonchev–Trinajstić information content (AvgIpc) is 1.56. The SMILES string of the molecule is CC1(C)c2ccccc2-c2c1ccc1c2oc2c(I)cccc21.CC1(C)c2ccccc2-c2c1ccc1c2oc2c(N(c3cccc(-c4ccccc4)c3)c3cccc(-c4ccccc4)c3)cccc21.c1ccc(-c2cccc(Nc3cccc(-c4ccccc4)c3)c2)cc1. The Labute approximate surface area is 568 Å². The van der Waals surface area contributed by atoms with Gasteiger partial charge in [-0.15, -0.1) is 0 Å². The first kappa shape index (κ1) is 59.1. The monoisotopic (exact) mass is 1330 g/mol. The highest BCUT2D eigenvalue weighted by molar-refractivity contribution is 14.1. The van der Waals surface area contributed by atoms with Gasteiger partial charge in [0, 0.05) is 66.3 Å². The second-order valence-corrected chi connectivity index (χ2v) is 26.9. The number of hydrogen-bond acceptors (Lipinski definition) is 4. The average molecular weight is 1340 g/mol. The third kappa shape index (κ3) is 10.8. The third-order valence-electron chi connectivity index (χ3n) is 19.2. The summed E-state index contributed by atoms with van der Waals surface area (Å²) in [5.74, 6) is 0. The highest BCUT2D eigenvalue weighted by Gasteiger charge is 2.39. The summed E-state index contributed by atoms with van der Waals surface area (Å²) >= 11 is 2.35. The van der Waals surface area contributed by atoms with E-state index in [1.807, 2.05) is 12.1 Å². The summed E-state index contributed by atoms with van der Waals surface area (Å²) in [4.78, 5) is 2.35. The summed E-state index contributed by atoms with van der Waals surface area (Å²) in [6.07, 6.45) is 0. The van der Waals surface area contributed by atoms with Gasteiger partial charge in [0.25, 0.3) is 0 Å². The Morgan fingerprint density at radius 3 is 1.08 bits per heavy atom. The molecule has 0 aliphatic heterocycles. The molecule has 14 aromatic carbocycles. The molecule has 16 aromatic rings. The second kappa shape index (κ2) is 24.5. The Morgan fingerprint density at radius 2 is 0.632 bits per heavy atom. The summed E-state index contributed by atoms with van der Waals surface area (Å²) in [5, 5.41) is 8.20. The van der Waals surface area contributed by atoms with Gasteiger partial charge in [-0.3, -0.25) is 0 Å². The molecule has 0 spiro atoms. The van der Waals surface area contributed by atoms with E-state index in [-0.39, 0.29) is 10.8 Å². The zero-order valence-corrected chi connectivity index (χ0v) is 55.5. The summed E-state index contributed by atoms with van der Waals surface area (Å²) in [6, 6.07) is 116. The van der Waals surface area contributed by atoms with Crippen LogP contribution in [0.3, 0.4) is 0 Å². The van der Waals surface area contributed by atoms with Crippen molar-refractivity contribution in [1.29, 1.82) is 0 Å². The van der Waals surface area contributed by atoms with Crippen LogP contribution in [0.5, 0.6) is 0 Å². The van der Waals surface area contributed by atoms with Crippen molar-refractivity contribution in [3.8, 4) is 66.8 Å². The van der Waals surface area contributed by atoms with Gasteiger partial charge >= 0.3 is 0 Å². The van der Waals surface area contributed by atoms with Gasteiger partial charge in [0.1, 0.15) is 16.7 Å². The van der Waals surface area contributed by atoms with E-state index < -0.39 is 0 Å². The molecule has 1 N–H and O–H groups in total. The van der Waals surface area contributed by atoms with Crippen LogP contribution >= 0.6 is 22.6 Å². The minimum atomic E-state index is -0.0935. The van der Waals surface area contributed by atoms with E-state index in [2.05, 4.69) is 376 Å². The van der Waals surface area contributed by atoms with Gasteiger partial charge in [-0.1, -0.05) is 295 Å². The van der Waals surface area contributed by atoms with Crippen LogP contribution in [0.15, 0.2) is 336 Å². The van der Waals surface area contributed by atoms with Gasteiger partial charge in [-0.25, -0.2) is 0 Å².